The molecule has 0 fully saturated rings. The van der Waals surface area contributed by atoms with Gasteiger partial charge in [-0.1, -0.05) is 60.7 Å². The van der Waals surface area contributed by atoms with E-state index in [1.54, 1.807) is 24.3 Å². The van der Waals surface area contributed by atoms with Gasteiger partial charge >= 0.3 is 12.2 Å². The van der Waals surface area contributed by atoms with Gasteiger partial charge in [0.2, 0.25) is 5.43 Å². The fraction of sp³-hybridized carbons (Fsp3) is 0.0612. The van der Waals surface area contributed by atoms with Crippen LogP contribution in [0.5, 0.6) is 0 Å². The van der Waals surface area contributed by atoms with Crippen molar-refractivity contribution in [2.24, 2.45) is 4.99 Å². The van der Waals surface area contributed by atoms with Gasteiger partial charge in [0, 0.05) is 28.8 Å². The molecule has 0 saturated heterocycles. The number of ether oxygens (including phenoxy) is 2. The molecule has 328 valence electrons. The molecule has 0 bridgehead atoms. The van der Waals surface area contributed by atoms with E-state index in [0.717, 1.165) is 34.6 Å². The van der Waals surface area contributed by atoms with E-state index in [9.17, 15) is 41.5 Å². The third-order valence-corrected chi connectivity index (χ3v) is 16.5. The standard InChI is InChI=1S/C49H23F4N3O7S4/c50-24-13-27-23(12-33(57)35(27)29(52)15-24)11-26-17-31-42(64-26)44-38(55(31)48(60)62-19-21-7-3-1-4-8-21)46-47(66-44)39-45(67-46)43-32(56(39)49(61)63-20-22-9-5-2-6-10-22)18-34(65-43)54-37-28-14-25(51)16-30(53)36(28)40(58)41(37)59/h1-11,13-18H,12,19-20H2/b23-11+,54-37-. The second-order valence-corrected chi connectivity index (χ2v) is 19.8. The summed E-state index contributed by atoms with van der Waals surface area (Å²) >= 11 is 5.03. The zero-order valence-corrected chi connectivity index (χ0v) is 37.0. The van der Waals surface area contributed by atoms with Gasteiger partial charge in [-0.2, -0.15) is 0 Å². The predicted molar refractivity (Wildman–Crippen MR) is 253 cm³/mol. The van der Waals surface area contributed by atoms with Crippen molar-refractivity contribution < 1.29 is 41.4 Å². The summed E-state index contributed by atoms with van der Waals surface area (Å²) in [6, 6.07) is 24.7. The van der Waals surface area contributed by atoms with E-state index in [1.807, 2.05) is 48.5 Å². The van der Waals surface area contributed by atoms with Crippen LogP contribution in [0, 0.1) is 23.3 Å². The van der Waals surface area contributed by atoms with Crippen LogP contribution in [0.1, 0.15) is 38.3 Å². The van der Waals surface area contributed by atoms with Crippen LogP contribution < -0.4 is 16.2 Å². The number of ketones is 1. The molecule has 0 radical (unpaired) electrons. The molecular weight excluding hydrogens is 947 g/mol. The Labute approximate surface area is 387 Å². The van der Waals surface area contributed by atoms with Gasteiger partial charge in [-0.3, -0.25) is 14.4 Å². The molecule has 6 heterocycles. The summed E-state index contributed by atoms with van der Waals surface area (Å²) < 4.78 is 76.8. The third kappa shape index (κ3) is 6.46. The van der Waals surface area contributed by atoms with E-state index in [1.165, 1.54) is 49.2 Å². The number of hydrogen-bond acceptors (Lipinski definition) is 12. The van der Waals surface area contributed by atoms with Crippen molar-refractivity contribution in [3.05, 3.63) is 173 Å². The predicted octanol–water partition coefficient (Wildman–Crippen LogP) is 12.3. The van der Waals surface area contributed by atoms with Crippen LogP contribution in [-0.4, -0.2) is 27.1 Å². The van der Waals surface area contributed by atoms with E-state index in [-0.39, 0.29) is 41.1 Å². The minimum absolute atomic E-state index is 0.0468. The highest BCUT2D eigenvalue weighted by molar-refractivity contribution is 7.40. The van der Waals surface area contributed by atoms with Crippen molar-refractivity contribution in [1.29, 1.82) is 0 Å². The van der Waals surface area contributed by atoms with Crippen LogP contribution >= 0.6 is 45.3 Å². The molecule has 10 nitrogen and oxygen atoms in total. The normalized spacial score (nSPS) is 13.8. The average Bonchev–Trinajstić information content (AvgIpc) is 4.19. The minimum atomic E-state index is -1.18. The lowest BCUT2D eigenvalue weighted by Gasteiger charge is -2.07. The zero-order valence-electron chi connectivity index (χ0n) is 33.8. The van der Waals surface area contributed by atoms with Crippen LogP contribution in [0.25, 0.3) is 72.7 Å². The van der Waals surface area contributed by atoms with Crippen LogP contribution in [0.4, 0.5) is 32.2 Å². The maximum atomic E-state index is 14.8. The number of Topliss-reactive ketones (excluding diaryl/α,β-unsaturated/α-hetero) is 1. The summed E-state index contributed by atoms with van der Waals surface area (Å²) in [4.78, 5) is 72.7. The molecule has 0 atom stereocenters. The summed E-state index contributed by atoms with van der Waals surface area (Å²) in [5, 5.41) is -1.11. The van der Waals surface area contributed by atoms with Gasteiger partial charge in [0.1, 0.15) is 46.8 Å². The first-order valence-electron chi connectivity index (χ1n) is 20.2. The van der Waals surface area contributed by atoms with Gasteiger partial charge in [0.15, 0.2) is 5.78 Å². The van der Waals surface area contributed by atoms with Crippen molar-refractivity contribution in [2.45, 2.75) is 19.6 Å². The van der Waals surface area contributed by atoms with Gasteiger partial charge in [-0.15, -0.1) is 45.3 Å². The molecule has 0 saturated carbocycles. The molecule has 1 aliphatic rings. The summed E-state index contributed by atoms with van der Waals surface area (Å²) in [6.07, 6.45) is 0.106. The number of aromatic nitrogens is 2. The molecule has 0 N–H and O–H groups in total. The molecule has 18 heteroatoms. The van der Waals surface area contributed by atoms with Gasteiger partial charge < -0.3 is 9.47 Å². The number of thiophene rings is 4. The second kappa shape index (κ2) is 15.3. The van der Waals surface area contributed by atoms with Gasteiger partial charge in [-0.25, -0.2) is 41.3 Å². The van der Waals surface area contributed by atoms with Crippen molar-refractivity contribution in [3.8, 4) is 0 Å². The Morgan fingerprint density at radius 1 is 0.627 bits per heavy atom. The molecule has 0 aliphatic heterocycles. The first kappa shape index (κ1) is 41.1. The maximum Gasteiger partial charge on any atom is 0.419 e. The molecule has 1 aliphatic carbocycles. The second-order valence-electron chi connectivity index (χ2n) is 15.6. The van der Waals surface area contributed by atoms with Gasteiger partial charge in [0.05, 0.1) is 61.2 Å². The number of halogens is 4. The SMILES string of the molecule is O=C1C/C(=C\c2cc3c(s2)c2sc4c(sc5c6sc(/N=c7\c(=O)c(=O)c8c(F)cc(F)cc78)cc6n(C(=O)OCc6ccccc6)c54)c2n3C(=O)OCc2ccccc2)c2cc(F)cc(F)c21. The molecule has 5 aromatic carbocycles. The lowest BCUT2D eigenvalue weighted by atomic mass is 10.1. The minimum Gasteiger partial charge on any atom is -0.444 e. The Hall–Kier alpha value is -7.38. The fourth-order valence-corrected chi connectivity index (χ4v) is 13.9. The number of carbonyl (C=O) groups excluding carboxylic acids is 3. The largest absolute Gasteiger partial charge is 0.444 e. The maximum absolute atomic E-state index is 14.8. The Kier molecular flexibility index (Phi) is 9.41. The lowest BCUT2D eigenvalue weighted by Crippen LogP contribution is -2.30. The summed E-state index contributed by atoms with van der Waals surface area (Å²) in [6.45, 7) is -0.124. The van der Waals surface area contributed by atoms with Crippen molar-refractivity contribution in [3.63, 3.8) is 0 Å². The Morgan fingerprint density at radius 2 is 1.18 bits per heavy atom. The summed E-state index contributed by atoms with van der Waals surface area (Å²) in [5.74, 6) is -4.39. The number of fused-ring (bicyclic) bond motifs is 11. The van der Waals surface area contributed by atoms with Crippen LogP contribution in [0.15, 0.2) is 112 Å². The molecule has 67 heavy (non-hydrogen) atoms. The third-order valence-electron chi connectivity index (χ3n) is 11.6. The molecule has 11 aromatic rings. The number of rotatable bonds is 6. The van der Waals surface area contributed by atoms with E-state index < -0.39 is 62.8 Å². The molecule has 0 spiro atoms. The van der Waals surface area contributed by atoms with Crippen LogP contribution in [0.2, 0.25) is 0 Å². The number of benzene rings is 4. The van der Waals surface area contributed by atoms with Crippen molar-refractivity contribution in [2.75, 3.05) is 0 Å². The van der Waals surface area contributed by atoms with E-state index in [2.05, 4.69) is 4.99 Å². The van der Waals surface area contributed by atoms with Gasteiger partial charge in [-0.05, 0) is 52.6 Å². The molecule has 6 aromatic heterocycles. The van der Waals surface area contributed by atoms with E-state index >= 15 is 0 Å². The quantitative estimate of drug-likeness (QED) is 0.120. The summed E-state index contributed by atoms with van der Waals surface area (Å²) in [7, 11) is 0. The van der Waals surface area contributed by atoms with Crippen molar-refractivity contribution in [1.82, 2.24) is 9.13 Å². The fourth-order valence-electron chi connectivity index (χ4n) is 8.69. The first-order valence-corrected chi connectivity index (χ1v) is 23.5. The number of hydrogen-bond donors (Lipinski definition) is 0. The van der Waals surface area contributed by atoms with Gasteiger partial charge in [0.25, 0.3) is 5.43 Å². The topological polar surface area (TPSA) is 126 Å². The highest BCUT2D eigenvalue weighted by Crippen LogP contribution is 2.53. The first-order chi connectivity index (χ1) is 32.4. The average molecular weight is 970 g/mol. The highest BCUT2D eigenvalue weighted by atomic mass is 32.1. The monoisotopic (exact) mass is 969 g/mol. The Balaban J connectivity index is 1.07. The van der Waals surface area contributed by atoms with Crippen LogP contribution in [-0.2, 0) is 22.7 Å². The molecule has 0 unspecified atom stereocenters. The molecule has 0 amide bonds. The highest BCUT2D eigenvalue weighted by Gasteiger charge is 2.32. The number of nitrogens with zero attached hydrogens (tertiary/aromatic N) is 3. The molecular formula is C49H23F4N3O7S4. The summed E-state index contributed by atoms with van der Waals surface area (Å²) in [5.41, 5.74) is 1.47. The zero-order chi connectivity index (χ0) is 46.0. The molecule has 12 rings (SSSR count). The lowest BCUT2D eigenvalue weighted by molar-refractivity contribution is 0.100. The van der Waals surface area contributed by atoms with E-state index in [4.69, 9.17) is 9.47 Å². The number of allylic oxidation sites excluding steroid dienone is 1. The Bertz CT molecular complexity index is 4190. The van der Waals surface area contributed by atoms with E-state index in [0.29, 0.717) is 72.8 Å². The van der Waals surface area contributed by atoms with Crippen LogP contribution in [0.3, 0.4) is 0 Å². The van der Waals surface area contributed by atoms with Crippen molar-refractivity contribution >= 4 is 141 Å². The Morgan fingerprint density at radius 3 is 1.81 bits per heavy atom. The number of carbonyl (C=O) groups is 3. The smallest absolute Gasteiger partial charge is 0.419 e.